The van der Waals surface area contributed by atoms with E-state index >= 15 is 0 Å². The molecule has 4 nitrogen and oxygen atoms in total. The van der Waals surface area contributed by atoms with Crippen LogP contribution in [0, 0.1) is 0 Å². The first-order valence-corrected chi connectivity index (χ1v) is 10.0. The summed E-state index contributed by atoms with van der Waals surface area (Å²) in [5.41, 5.74) is 0.920. The molecule has 0 aliphatic carbocycles. The molecule has 0 aromatic heterocycles. The average molecular weight is 414 g/mol. The topological polar surface area (TPSA) is 47.6 Å². The summed E-state index contributed by atoms with van der Waals surface area (Å²) in [6.45, 7) is 2.26. The third-order valence-corrected chi connectivity index (χ3v) is 5.29. The van der Waals surface area contributed by atoms with Gasteiger partial charge in [0.1, 0.15) is 11.5 Å². The summed E-state index contributed by atoms with van der Waals surface area (Å²) >= 11 is 13.9. The Kier molecular flexibility index (Phi) is 8.42. The zero-order valence-electron chi connectivity index (χ0n) is 14.6. The molecule has 0 aliphatic rings. The predicted molar refractivity (Wildman–Crippen MR) is 109 cm³/mol. The highest BCUT2D eigenvalue weighted by atomic mass is 35.5. The summed E-state index contributed by atoms with van der Waals surface area (Å²) in [5.74, 6) is 2.66. The van der Waals surface area contributed by atoms with Crippen LogP contribution < -0.4 is 14.8 Å². The molecule has 0 heterocycles. The molecule has 0 fully saturated rings. The lowest BCUT2D eigenvalue weighted by atomic mass is 10.2. The predicted octanol–water partition coefficient (Wildman–Crippen LogP) is 4.82. The zero-order chi connectivity index (χ0) is 18.9. The van der Waals surface area contributed by atoms with Crippen molar-refractivity contribution in [1.82, 2.24) is 5.32 Å². The molecule has 0 radical (unpaired) electrons. The minimum absolute atomic E-state index is 0.155. The molecule has 0 aliphatic heterocycles. The smallest absolute Gasteiger partial charge is 0.260 e. The number of hydrogen-bond acceptors (Lipinski definition) is 4. The first-order valence-electron chi connectivity index (χ1n) is 8.10. The van der Waals surface area contributed by atoms with E-state index in [4.69, 9.17) is 32.7 Å². The first-order chi connectivity index (χ1) is 12.5. The fourth-order valence-electron chi connectivity index (χ4n) is 2.15. The molecule has 1 N–H and O–H groups in total. The normalized spacial score (nSPS) is 11.7. The van der Waals surface area contributed by atoms with E-state index in [0.29, 0.717) is 28.1 Å². The second-order valence-electron chi connectivity index (χ2n) is 5.48. The number of hydrogen-bond donors (Lipinski definition) is 1. The molecule has 0 bridgehead atoms. The Morgan fingerprint density at radius 2 is 1.73 bits per heavy atom. The van der Waals surface area contributed by atoms with Gasteiger partial charge in [0, 0.05) is 28.1 Å². The summed E-state index contributed by atoms with van der Waals surface area (Å²) in [4.78, 5) is 12.1. The van der Waals surface area contributed by atoms with Gasteiger partial charge in [0.15, 0.2) is 6.10 Å². The van der Waals surface area contributed by atoms with E-state index < -0.39 is 6.10 Å². The van der Waals surface area contributed by atoms with Crippen LogP contribution in [0.25, 0.3) is 0 Å². The Morgan fingerprint density at radius 1 is 1.12 bits per heavy atom. The SMILES string of the molecule is COc1ccc(O[C@H](C)C(=O)NCCSCc2c(Cl)cccc2Cl)cc1. The minimum Gasteiger partial charge on any atom is -0.497 e. The van der Waals surface area contributed by atoms with E-state index in [9.17, 15) is 4.79 Å². The molecule has 2 aromatic rings. The molecule has 26 heavy (non-hydrogen) atoms. The summed E-state index contributed by atoms with van der Waals surface area (Å²) in [6, 6.07) is 12.6. The highest BCUT2D eigenvalue weighted by molar-refractivity contribution is 7.98. The highest BCUT2D eigenvalue weighted by Crippen LogP contribution is 2.28. The van der Waals surface area contributed by atoms with E-state index in [1.807, 2.05) is 18.2 Å². The molecule has 7 heteroatoms. The van der Waals surface area contributed by atoms with Crippen LogP contribution in [0.5, 0.6) is 11.5 Å². The van der Waals surface area contributed by atoms with Crippen LogP contribution in [0.4, 0.5) is 0 Å². The Balaban J connectivity index is 1.69. The van der Waals surface area contributed by atoms with Crippen molar-refractivity contribution in [3.8, 4) is 11.5 Å². The number of amides is 1. The Labute approximate surface area is 168 Å². The molecule has 2 aromatic carbocycles. The molecule has 1 atom stereocenters. The van der Waals surface area contributed by atoms with Gasteiger partial charge in [-0.25, -0.2) is 0 Å². The maximum Gasteiger partial charge on any atom is 0.260 e. The summed E-state index contributed by atoms with van der Waals surface area (Å²) in [5, 5.41) is 4.19. The van der Waals surface area contributed by atoms with Crippen LogP contribution in [-0.2, 0) is 10.5 Å². The van der Waals surface area contributed by atoms with Crippen LogP contribution >= 0.6 is 35.0 Å². The maximum absolute atomic E-state index is 12.1. The first kappa shape index (κ1) is 20.7. The number of benzene rings is 2. The number of methoxy groups -OCH3 is 1. The van der Waals surface area contributed by atoms with Crippen LogP contribution in [0.1, 0.15) is 12.5 Å². The van der Waals surface area contributed by atoms with Crippen LogP contribution in [0.3, 0.4) is 0 Å². The van der Waals surface area contributed by atoms with Gasteiger partial charge in [-0.2, -0.15) is 11.8 Å². The van der Waals surface area contributed by atoms with Gasteiger partial charge in [0.05, 0.1) is 7.11 Å². The van der Waals surface area contributed by atoms with Gasteiger partial charge in [-0.05, 0) is 48.9 Å². The van der Waals surface area contributed by atoms with Crippen molar-refractivity contribution >= 4 is 40.9 Å². The third-order valence-electron chi connectivity index (χ3n) is 3.60. The second kappa shape index (κ2) is 10.6. The molecule has 1 amide bonds. The van der Waals surface area contributed by atoms with Gasteiger partial charge in [-0.15, -0.1) is 0 Å². The number of carbonyl (C=O) groups is 1. The highest BCUT2D eigenvalue weighted by Gasteiger charge is 2.14. The number of nitrogens with one attached hydrogen (secondary N) is 1. The number of rotatable bonds is 9. The Morgan fingerprint density at radius 3 is 2.35 bits per heavy atom. The fourth-order valence-corrected chi connectivity index (χ4v) is 3.74. The van der Waals surface area contributed by atoms with E-state index in [0.717, 1.165) is 17.1 Å². The van der Waals surface area contributed by atoms with E-state index in [-0.39, 0.29) is 5.91 Å². The van der Waals surface area contributed by atoms with Crippen molar-refractivity contribution in [2.45, 2.75) is 18.8 Å². The largest absolute Gasteiger partial charge is 0.497 e. The lowest BCUT2D eigenvalue weighted by molar-refractivity contribution is -0.127. The van der Waals surface area contributed by atoms with Crippen LogP contribution in [0.2, 0.25) is 10.0 Å². The van der Waals surface area contributed by atoms with Crippen molar-refractivity contribution in [2.24, 2.45) is 0 Å². The van der Waals surface area contributed by atoms with Gasteiger partial charge in [0.25, 0.3) is 5.91 Å². The standard InChI is InChI=1S/C19H21Cl2NO3S/c1-13(25-15-8-6-14(24-2)7-9-15)19(23)22-10-11-26-12-16-17(20)4-3-5-18(16)21/h3-9,13H,10-12H2,1-2H3,(H,22,23)/t13-/m1/s1. The number of halogens is 2. The van der Waals surface area contributed by atoms with Gasteiger partial charge in [-0.3, -0.25) is 4.79 Å². The van der Waals surface area contributed by atoms with E-state index in [2.05, 4.69) is 5.32 Å². The average Bonchev–Trinajstić information content (AvgIpc) is 2.64. The van der Waals surface area contributed by atoms with E-state index in [1.54, 1.807) is 50.1 Å². The van der Waals surface area contributed by atoms with Gasteiger partial charge in [-0.1, -0.05) is 29.3 Å². The second-order valence-corrected chi connectivity index (χ2v) is 7.40. The Bertz CT molecular complexity index is 705. The lowest BCUT2D eigenvalue weighted by Crippen LogP contribution is -2.37. The van der Waals surface area contributed by atoms with Gasteiger partial charge >= 0.3 is 0 Å². The van der Waals surface area contributed by atoms with E-state index in [1.165, 1.54) is 0 Å². The molecule has 140 valence electrons. The monoisotopic (exact) mass is 413 g/mol. The van der Waals surface area contributed by atoms with Crippen molar-refractivity contribution < 1.29 is 14.3 Å². The van der Waals surface area contributed by atoms with Crippen molar-refractivity contribution in [3.05, 3.63) is 58.1 Å². The number of thioether (sulfide) groups is 1. The van der Waals surface area contributed by atoms with Gasteiger partial charge in [0.2, 0.25) is 0 Å². The number of carbonyl (C=O) groups excluding carboxylic acids is 1. The molecule has 0 saturated carbocycles. The van der Waals surface area contributed by atoms with Crippen LogP contribution in [0.15, 0.2) is 42.5 Å². The summed E-state index contributed by atoms with van der Waals surface area (Å²) in [7, 11) is 1.60. The fraction of sp³-hybridized carbons (Fsp3) is 0.316. The van der Waals surface area contributed by atoms with Gasteiger partial charge < -0.3 is 14.8 Å². The molecular formula is C19H21Cl2NO3S. The zero-order valence-corrected chi connectivity index (χ0v) is 17.0. The summed E-state index contributed by atoms with van der Waals surface area (Å²) in [6.07, 6.45) is -0.577. The molecule has 0 saturated heterocycles. The number of ether oxygens (including phenoxy) is 2. The molecular weight excluding hydrogens is 393 g/mol. The Hall–Kier alpha value is -1.56. The van der Waals surface area contributed by atoms with Crippen molar-refractivity contribution in [1.29, 1.82) is 0 Å². The van der Waals surface area contributed by atoms with Crippen LogP contribution in [-0.4, -0.2) is 31.4 Å². The maximum atomic E-state index is 12.1. The molecule has 0 spiro atoms. The minimum atomic E-state index is -0.577. The van der Waals surface area contributed by atoms with Crippen molar-refractivity contribution in [3.63, 3.8) is 0 Å². The summed E-state index contributed by atoms with van der Waals surface area (Å²) < 4.78 is 10.7. The van der Waals surface area contributed by atoms with Crippen molar-refractivity contribution in [2.75, 3.05) is 19.4 Å². The quantitative estimate of drug-likeness (QED) is 0.598. The third kappa shape index (κ3) is 6.31. The lowest BCUT2D eigenvalue weighted by Gasteiger charge is -2.15. The molecule has 2 rings (SSSR count). The molecule has 0 unspecified atom stereocenters.